The van der Waals surface area contributed by atoms with Gasteiger partial charge in [0.2, 0.25) is 0 Å². The second kappa shape index (κ2) is 9.71. The highest BCUT2D eigenvalue weighted by Crippen LogP contribution is 2.26. The molecule has 9 nitrogen and oxygen atoms in total. The van der Waals surface area contributed by atoms with Gasteiger partial charge >= 0.3 is 0 Å². The highest BCUT2D eigenvalue weighted by molar-refractivity contribution is 6.07. The normalized spacial score (nSPS) is 10.1. The van der Waals surface area contributed by atoms with Crippen LogP contribution in [0.4, 0.5) is 17.3 Å². The molecule has 0 aliphatic heterocycles. The number of hydrogen-bond acceptors (Lipinski definition) is 8. The fourth-order valence-corrected chi connectivity index (χ4v) is 3.04. The summed E-state index contributed by atoms with van der Waals surface area (Å²) in [6, 6.07) is 17.2. The SMILES string of the molecule is N#CCCN(CCC#N)c1ncnc(NNC(=O)c2cccc3ccccc23)c1N. The van der Waals surface area contributed by atoms with Crippen LogP contribution in [0.15, 0.2) is 48.8 Å². The number of benzene rings is 2. The predicted molar refractivity (Wildman–Crippen MR) is 114 cm³/mol. The third-order valence-corrected chi connectivity index (χ3v) is 4.48. The third kappa shape index (κ3) is 4.54. The molecule has 150 valence electrons. The van der Waals surface area contributed by atoms with Gasteiger partial charge < -0.3 is 10.6 Å². The zero-order valence-electron chi connectivity index (χ0n) is 16.2. The van der Waals surface area contributed by atoms with Crippen molar-refractivity contribution >= 4 is 34.0 Å². The number of carbonyl (C=O) groups excluding carboxylic acids is 1. The minimum absolute atomic E-state index is 0.214. The lowest BCUT2D eigenvalue weighted by Gasteiger charge is -2.23. The molecule has 3 aromatic rings. The lowest BCUT2D eigenvalue weighted by Crippen LogP contribution is -2.32. The maximum absolute atomic E-state index is 12.7. The number of carbonyl (C=O) groups is 1. The van der Waals surface area contributed by atoms with Crippen molar-refractivity contribution < 1.29 is 4.79 Å². The van der Waals surface area contributed by atoms with Crippen LogP contribution in [-0.4, -0.2) is 29.0 Å². The molecule has 1 heterocycles. The largest absolute Gasteiger partial charge is 0.393 e. The molecule has 2 aromatic carbocycles. The Morgan fingerprint density at radius 2 is 1.73 bits per heavy atom. The molecule has 1 amide bonds. The molecule has 9 heteroatoms. The Morgan fingerprint density at radius 3 is 2.47 bits per heavy atom. The molecule has 0 radical (unpaired) electrons. The zero-order chi connectivity index (χ0) is 21.3. The van der Waals surface area contributed by atoms with Gasteiger partial charge in [-0.05, 0) is 16.8 Å². The van der Waals surface area contributed by atoms with Crippen molar-refractivity contribution in [1.29, 1.82) is 10.5 Å². The van der Waals surface area contributed by atoms with E-state index in [9.17, 15) is 4.79 Å². The van der Waals surface area contributed by atoms with Crippen LogP contribution >= 0.6 is 0 Å². The van der Waals surface area contributed by atoms with E-state index in [4.69, 9.17) is 16.3 Å². The van der Waals surface area contributed by atoms with Gasteiger partial charge in [-0.15, -0.1) is 0 Å². The Morgan fingerprint density at radius 1 is 1.03 bits per heavy atom. The molecule has 30 heavy (non-hydrogen) atoms. The summed E-state index contributed by atoms with van der Waals surface area (Å²) in [4.78, 5) is 22.7. The van der Waals surface area contributed by atoms with E-state index < -0.39 is 0 Å². The number of nitrogens with zero attached hydrogens (tertiary/aromatic N) is 5. The van der Waals surface area contributed by atoms with E-state index in [1.165, 1.54) is 6.33 Å². The molecule has 0 unspecified atom stereocenters. The molecular formula is C21H20N8O. The number of nitrogens with one attached hydrogen (secondary N) is 2. The summed E-state index contributed by atoms with van der Waals surface area (Å²) in [6.07, 6.45) is 1.83. The summed E-state index contributed by atoms with van der Waals surface area (Å²) in [5.74, 6) is 0.294. The monoisotopic (exact) mass is 400 g/mol. The van der Waals surface area contributed by atoms with E-state index in [0.717, 1.165) is 10.8 Å². The first-order valence-corrected chi connectivity index (χ1v) is 9.29. The number of hydrazine groups is 1. The standard InChI is InChI=1S/C21H20N8O/c22-10-4-12-29(13-5-11-23)20-18(24)19(25-14-26-20)27-28-21(30)17-9-3-7-15-6-1-2-8-16(15)17/h1-3,6-9,14H,4-5,12-13,24H2,(H,28,30)(H,25,26,27). The first-order valence-electron chi connectivity index (χ1n) is 9.29. The van der Waals surface area contributed by atoms with Crippen molar-refractivity contribution in [3.05, 3.63) is 54.4 Å². The first kappa shape index (κ1) is 20.4. The average molecular weight is 400 g/mol. The fourth-order valence-electron chi connectivity index (χ4n) is 3.04. The van der Waals surface area contributed by atoms with E-state index in [0.29, 0.717) is 24.5 Å². The van der Waals surface area contributed by atoms with Gasteiger partial charge in [0.15, 0.2) is 11.6 Å². The number of amides is 1. The first-order chi connectivity index (χ1) is 14.7. The molecule has 4 N–H and O–H groups in total. The van der Waals surface area contributed by atoms with Crippen molar-refractivity contribution in [3.63, 3.8) is 0 Å². The van der Waals surface area contributed by atoms with Crippen LogP contribution in [-0.2, 0) is 0 Å². The summed E-state index contributed by atoms with van der Waals surface area (Å²) in [5, 5.41) is 19.5. The molecule has 0 atom stereocenters. The summed E-state index contributed by atoms with van der Waals surface area (Å²) in [6.45, 7) is 0.752. The smallest absolute Gasteiger partial charge is 0.270 e. The topological polar surface area (TPSA) is 144 Å². The Balaban J connectivity index is 1.78. The Hall–Kier alpha value is -4.37. The Labute approximate surface area is 173 Å². The summed E-state index contributed by atoms with van der Waals surface area (Å²) in [7, 11) is 0. The van der Waals surface area contributed by atoms with Crippen molar-refractivity contribution in [2.24, 2.45) is 0 Å². The second-order valence-corrected chi connectivity index (χ2v) is 6.37. The Kier molecular flexibility index (Phi) is 6.59. The number of aromatic nitrogens is 2. The maximum Gasteiger partial charge on any atom is 0.270 e. The van der Waals surface area contributed by atoms with Crippen LogP contribution in [0.25, 0.3) is 10.8 Å². The third-order valence-electron chi connectivity index (χ3n) is 4.48. The lowest BCUT2D eigenvalue weighted by molar-refractivity contribution is 0.0964. The highest BCUT2D eigenvalue weighted by atomic mass is 16.2. The van der Waals surface area contributed by atoms with Gasteiger partial charge in [-0.25, -0.2) is 9.97 Å². The van der Waals surface area contributed by atoms with E-state index >= 15 is 0 Å². The number of nitriles is 2. The molecule has 0 bridgehead atoms. The van der Waals surface area contributed by atoms with Crippen molar-refractivity contribution in [2.45, 2.75) is 12.8 Å². The van der Waals surface area contributed by atoms with Crippen molar-refractivity contribution in [2.75, 3.05) is 29.1 Å². The second-order valence-electron chi connectivity index (χ2n) is 6.37. The van der Waals surface area contributed by atoms with Gasteiger partial charge in [-0.2, -0.15) is 10.5 Å². The number of hydrogen-bond donors (Lipinski definition) is 3. The summed E-state index contributed by atoms with van der Waals surface area (Å²) in [5.41, 5.74) is 12.3. The van der Waals surface area contributed by atoms with Crippen LogP contribution in [0.1, 0.15) is 23.2 Å². The number of nitrogen functional groups attached to an aromatic ring is 1. The molecule has 0 fully saturated rings. The van der Waals surface area contributed by atoms with Crippen LogP contribution in [0.2, 0.25) is 0 Å². The summed E-state index contributed by atoms with van der Waals surface area (Å²) >= 11 is 0. The molecule has 0 saturated carbocycles. The molecule has 1 aromatic heterocycles. The van der Waals surface area contributed by atoms with E-state index in [1.807, 2.05) is 36.4 Å². The Bertz CT molecular complexity index is 1110. The van der Waals surface area contributed by atoms with Crippen molar-refractivity contribution in [3.8, 4) is 12.1 Å². The van der Waals surface area contributed by atoms with E-state index in [1.54, 1.807) is 11.0 Å². The van der Waals surface area contributed by atoms with E-state index in [-0.39, 0.29) is 30.3 Å². The van der Waals surface area contributed by atoms with Crippen LogP contribution in [0, 0.1) is 22.7 Å². The average Bonchev–Trinajstić information content (AvgIpc) is 2.78. The molecule has 0 saturated heterocycles. The number of rotatable bonds is 8. The van der Waals surface area contributed by atoms with Crippen LogP contribution in [0.3, 0.4) is 0 Å². The minimum Gasteiger partial charge on any atom is -0.393 e. The lowest BCUT2D eigenvalue weighted by atomic mass is 10.0. The predicted octanol–water partition coefficient (Wildman–Crippen LogP) is 2.60. The van der Waals surface area contributed by atoms with Crippen LogP contribution in [0.5, 0.6) is 0 Å². The number of fused-ring (bicyclic) bond motifs is 1. The summed E-state index contributed by atoms with van der Waals surface area (Å²) < 4.78 is 0. The minimum atomic E-state index is -0.336. The molecule has 0 spiro atoms. The van der Waals surface area contributed by atoms with Gasteiger partial charge in [-0.3, -0.25) is 15.6 Å². The van der Waals surface area contributed by atoms with Gasteiger partial charge in [0.05, 0.1) is 25.0 Å². The molecule has 0 aliphatic carbocycles. The maximum atomic E-state index is 12.7. The van der Waals surface area contributed by atoms with Gasteiger partial charge in [-0.1, -0.05) is 36.4 Å². The van der Waals surface area contributed by atoms with Gasteiger partial charge in [0.25, 0.3) is 5.91 Å². The van der Waals surface area contributed by atoms with Crippen LogP contribution < -0.4 is 21.5 Å². The number of nitrogens with two attached hydrogens (primary N) is 1. The van der Waals surface area contributed by atoms with Gasteiger partial charge in [0.1, 0.15) is 12.0 Å². The fraction of sp³-hybridized carbons (Fsp3) is 0.190. The number of anilines is 3. The molecule has 0 aliphatic rings. The molecule has 3 rings (SSSR count). The molecular weight excluding hydrogens is 380 g/mol. The zero-order valence-corrected chi connectivity index (χ0v) is 16.2. The highest BCUT2D eigenvalue weighted by Gasteiger charge is 2.16. The van der Waals surface area contributed by atoms with Gasteiger partial charge in [0, 0.05) is 18.7 Å². The quantitative estimate of drug-likeness (QED) is 0.489. The van der Waals surface area contributed by atoms with Crippen molar-refractivity contribution in [1.82, 2.24) is 15.4 Å². The van der Waals surface area contributed by atoms with E-state index in [2.05, 4.69) is 33.0 Å².